The molecule has 2 aromatic rings. The number of Topliss-reactive ketones (excluding diaryl/α,β-unsaturated/α-hetero) is 1. The molecule has 0 aromatic heterocycles. The summed E-state index contributed by atoms with van der Waals surface area (Å²) in [7, 11) is 1.35. The van der Waals surface area contributed by atoms with Crippen LogP contribution in [0.5, 0.6) is 0 Å². The molecule has 0 spiro atoms. The van der Waals surface area contributed by atoms with Crippen molar-refractivity contribution in [3.8, 4) is 11.8 Å². The molecule has 2 aromatic carbocycles. The van der Waals surface area contributed by atoms with Crippen molar-refractivity contribution in [1.82, 2.24) is 15.5 Å². The van der Waals surface area contributed by atoms with Gasteiger partial charge >= 0.3 is 0 Å². The molecule has 1 aliphatic heterocycles. The number of aliphatic hydroxyl groups excluding tert-OH is 1. The lowest BCUT2D eigenvalue weighted by Gasteiger charge is -2.26. The van der Waals surface area contributed by atoms with Crippen LogP contribution in [0.4, 0.5) is 0 Å². The van der Waals surface area contributed by atoms with Crippen molar-refractivity contribution in [3.05, 3.63) is 70.8 Å². The topological polar surface area (TPSA) is 108 Å². The summed E-state index contributed by atoms with van der Waals surface area (Å²) in [5.74, 6) is 4.08. The van der Waals surface area contributed by atoms with Crippen molar-refractivity contribution < 1.29 is 24.2 Å². The van der Waals surface area contributed by atoms with Gasteiger partial charge in [0.15, 0.2) is 11.3 Å². The smallest absolute Gasteiger partial charge is 0.253 e. The van der Waals surface area contributed by atoms with Gasteiger partial charge in [-0.15, -0.1) is 0 Å². The third-order valence-corrected chi connectivity index (χ3v) is 5.92. The van der Waals surface area contributed by atoms with E-state index in [1.54, 1.807) is 24.3 Å². The largest absolute Gasteiger partial charge is 0.388 e. The predicted octanol–water partition coefficient (Wildman–Crippen LogP) is 1.10. The summed E-state index contributed by atoms with van der Waals surface area (Å²) >= 11 is 0. The first-order chi connectivity index (χ1) is 16.9. The Morgan fingerprint density at radius 2 is 1.63 bits per heavy atom. The minimum Gasteiger partial charge on any atom is -0.388 e. The molecule has 184 valence electrons. The average Bonchev–Trinajstić information content (AvgIpc) is 3.16. The SMILES string of the molecule is CNC(=O)C(C)(NC(=O)c1ccc(C#Cc2ccc(CN3CCCOCC3)cc2)cc1)C(=O)CO. The van der Waals surface area contributed by atoms with Gasteiger partial charge in [-0.1, -0.05) is 24.0 Å². The zero-order valence-electron chi connectivity index (χ0n) is 20.1. The molecule has 2 amide bonds. The van der Waals surface area contributed by atoms with E-state index in [-0.39, 0.29) is 5.56 Å². The molecule has 35 heavy (non-hydrogen) atoms. The molecule has 3 N–H and O–H groups in total. The van der Waals surface area contributed by atoms with Crippen molar-refractivity contribution in [3.63, 3.8) is 0 Å². The van der Waals surface area contributed by atoms with Gasteiger partial charge in [0.25, 0.3) is 11.8 Å². The van der Waals surface area contributed by atoms with Crippen LogP contribution >= 0.6 is 0 Å². The summed E-state index contributed by atoms with van der Waals surface area (Å²) < 4.78 is 5.50. The van der Waals surface area contributed by atoms with Gasteiger partial charge in [-0.25, -0.2) is 0 Å². The normalized spacial score (nSPS) is 15.6. The third kappa shape index (κ3) is 6.99. The highest BCUT2D eigenvalue weighted by atomic mass is 16.5. The van der Waals surface area contributed by atoms with E-state index in [4.69, 9.17) is 4.74 Å². The van der Waals surface area contributed by atoms with Gasteiger partial charge in [0.05, 0.1) is 6.61 Å². The molecule has 0 aliphatic carbocycles. The summed E-state index contributed by atoms with van der Waals surface area (Å²) in [5, 5.41) is 13.9. The first-order valence-electron chi connectivity index (χ1n) is 11.6. The van der Waals surface area contributed by atoms with Gasteiger partial charge in [0.1, 0.15) is 6.61 Å². The number of aliphatic hydroxyl groups is 1. The molecule has 0 bridgehead atoms. The van der Waals surface area contributed by atoms with Gasteiger partial charge < -0.3 is 20.5 Å². The molecule has 0 radical (unpaired) electrons. The highest BCUT2D eigenvalue weighted by Gasteiger charge is 2.41. The molecule has 8 nitrogen and oxygen atoms in total. The van der Waals surface area contributed by atoms with Crippen LogP contribution in [0.3, 0.4) is 0 Å². The van der Waals surface area contributed by atoms with Crippen LogP contribution in [0.25, 0.3) is 0 Å². The van der Waals surface area contributed by atoms with Gasteiger partial charge in [0.2, 0.25) is 0 Å². The zero-order chi connectivity index (χ0) is 25.3. The number of rotatable bonds is 7. The molecule has 0 saturated carbocycles. The Kier molecular flexibility index (Phi) is 9.15. The molecule has 1 fully saturated rings. The van der Waals surface area contributed by atoms with Crippen molar-refractivity contribution in [1.29, 1.82) is 0 Å². The summed E-state index contributed by atoms with van der Waals surface area (Å²) in [5.41, 5.74) is 1.23. The van der Waals surface area contributed by atoms with Crippen LogP contribution in [-0.4, -0.2) is 73.1 Å². The van der Waals surface area contributed by atoms with Crippen LogP contribution in [0.15, 0.2) is 48.5 Å². The molecule has 8 heteroatoms. The Morgan fingerprint density at radius 3 is 2.23 bits per heavy atom. The molecule has 1 aliphatic rings. The van der Waals surface area contributed by atoms with Crippen LogP contribution < -0.4 is 10.6 Å². The monoisotopic (exact) mass is 477 g/mol. The maximum Gasteiger partial charge on any atom is 0.253 e. The molecular formula is C27H31N3O5. The van der Waals surface area contributed by atoms with E-state index in [0.29, 0.717) is 0 Å². The molecule has 1 atom stereocenters. The van der Waals surface area contributed by atoms with E-state index < -0.39 is 29.7 Å². The zero-order valence-corrected chi connectivity index (χ0v) is 20.1. The Bertz CT molecular complexity index is 1080. The number of amides is 2. The number of ether oxygens (including phenoxy) is 1. The van der Waals surface area contributed by atoms with Crippen LogP contribution in [0.2, 0.25) is 0 Å². The first-order valence-corrected chi connectivity index (χ1v) is 11.6. The maximum absolute atomic E-state index is 12.6. The Morgan fingerprint density at radius 1 is 1.00 bits per heavy atom. The number of ketones is 1. The van der Waals surface area contributed by atoms with Crippen LogP contribution in [-0.2, 0) is 20.9 Å². The summed E-state index contributed by atoms with van der Waals surface area (Å²) in [4.78, 5) is 39.2. The fourth-order valence-corrected chi connectivity index (χ4v) is 3.72. The lowest BCUT2D eigenvalue weighted by molar-refractivity contribution is -0.137. The van der Waals surface area contributed by atoms with Crippen molar-refractivity contribution in [2.24, 2.45) is 0 Å². The molecular weight excluding hydrogens is 446 g/mol. The van der Waals surface area contributed by atoms with E-state index in [2.05, 4.69) is 39.5 Å². The number of carbonyl (C=O) groups excluding carboxylic acids is 3. The van der Waals surface area contributed by atoms with E-state index in [1.165, 1.54) is 19.5 Å². The Hall–Kier alpha value is -3.51. The number of hydrogen-bond acceptors (Lipinski definition) is 6. The first kappa shape index (κ1) is 26.1. The average molecular weight is 478 g/mol. The molecule has 1 saturated heterocycles. The second-order valence-corrected chi connectivity index (χ2v) is 8.51. The lowest BCUT2D eigenvalue weighted by atomic mass is 9.94. The van der Waals surface area contributed by atoms with E-state index in [1.807, 2.05) is 12.1 Å². The highest BCUT2D eigenvalue weighted by molar-refractivity contribution is 6.14. The van der Waals surface area contributed by atoms with Crippen molar-refractivity contribution in [2.45, 2.75) is 25.4 Å². The van der Waals surface area contributed by atoms with Gasteiger partial charge in [0, 0.05) is 50.0 Å². The Labute approximate surface area is 205 Å². The second-order valence-electron chi connectivity index (χ2n) is 8.51. The fraction of sp³-hybridized carbons (Fsp3) is 0.370. The number of carbonyl (C=O) groups is 3. The van der Waals surface area contributed by atoms with Crippen LogP contribution in [0.1, 0.15) is 40.4 Å². The summed E-state index contributed by atoms with van der Waals surface area (Å²) in [6, 6.07) is 14.7. The summed E-state index contributed by atoms with van der Waals surface area (Å²) in [6.45, 7) is 4.87. The minimum atomic E-state index is -1.87. The quantitative estimate of drug-likeness (QED) is 0.407. The van der Waals surface area contributed by atoms with Gasteiger partial charge in [-0.3, -0.25) is 19.3 Å². The maximum atomic E-state index is 12.6. The predicted molar refractivity (Wildman–Crippen MR) is 132 cm³/mol. The number of benzene rings is 2. The lowest BCUT2D eigenvalue weighted by Crippen LogP contribution is -2.62. The number of nitrogens with one attached hydrogen (secondary N) is 2. The number of nitrogens with zero attached hydrogens (tertiary/aromatic N) is 1. The molecule has 1 heterocycles. The molecule has 3 rings (SSSR count). The Balaban J connectivity index is 1.62. The summed E-state index contributed by atoms with van der Waals surface area (Å²) in [6.07, 6.45) is 1.05. The standard InChI is InChI=1S/C27H31N3O5/c1-27(24(32)19-31,26(34)28-2)29-25(33)23-12-10-21(11-13-23)5-4-20-6-8-22(9-7-20)18-30-14-3-16-35-17-15-30/h6-13,31H,3,14-19H2,1-2H3,(H,28,34)(H,29,33). The highest BCUT2D eigenvalue weighted by Crippen LogP contribution is 2.12. The van der Waals surface area contributed by atoms with Gasteiger partial charge in [-0.2, -0.15) is 0 Å². The second kappa shape index (κ2) is 12.3. The van der Waals surface area contributed by atoms with Crippen molar-refractivity contribution >= 4 is 17.6 Å². The minimum absolute atomic E-state index is 0.264. The molecule has 1 unspecified atom stereocenters. The number of hydrogen-bond donors (Lipinski definition) is 3. The van der Waals surface area contributed by atoms with E-state index in [0.717, 1.165) is 50.4 Å². The van der Waals surface area contributed by atoms with Crippen molar-refractivity contribution in [2.75, 3.05) is 40.0 Å². The fourth-order valence-electron chi connectivity index (χ4n) is 3.72. The van der Waals surface area contributed by atoms with E-state index >= 15 is 0 Å². The van der Waals surface area contributed by atoms with Crippen LogP contribution in [0, 0.1) is 11.8 Å². The number of likely N-dealkylation sites (N-methyl/N-ethyl adjacent to an activating group) is 1. The third-order valence-electron chi connectivity index (χ3n) is 5.92. The van der Waals surface area contributed by atoms with Gasteiger partial charge in [-0.05, 0) is 55.3 Å². The van der Waals surface area contributed by atoms with E-state index in [9.17, 15) is 19.5 Å².